The van der Waals surface area contributed by atoms with E-state index in [2.05, 4.69) is 24.3 Å². The molecular weight excluding hydrogens is 420 g/mol. The van der Waals surface area contributed by atoms with Crippen LogP contribution in [0.15, 0.2) is 97.1 Å². The van der Waals surface area contributed by atoms with Gasteiger partial charge >= 0.3 is 0 Å². The van der Waals surface area contributed by atoms with Crippen molar-refractivity contribution in [3.63, 3.8) is 0 Å². The van der Waals surface area contributed by atoms with E-state index in [-0.39, 0.29) is 0 Å². The largest absolute Gasteiger partial charge is 0.399 e. The van der Waals surface area contributed by atoms with Crippen molar-refractivity contribution in [1.82, 2.24) is 0 Å². The van der Waals surface area contributed by atoms with E-state index in [0.29, 0.717) is 24.5 Å². The Balaban J connectivity index is 0.000000195. The summed E-state index contributed by atoms with van der Waals surface area (Å²) in [7, 11) is 0. The number of hydrogen-bond donors (Lipinski definition) is 6. The van der Waals surface area contributed by atoms with E-state index in [0.717, 1.165) is 35.3 Å². The van der Waals surface area contributed by atoms with Crippen molar-refractivity contribution >= 4 is 22.7 Å². The van der Waals surface area contributed by atoms with Crippen LogP contribution in [0.25, 0.3) is 0 Å². The van der Waals surface area contributed by atoms with E-state index in [9.17, 15) is 0 Å². The summed E-state index contributed by atoms with van der Waals surface area (Å²) >= 11 is 0. The van der Waals surface area contributed by atoms with Gasteiger partial charge in [-0.1, -0.05) is 54.6 Å². The fourth-order valence-electron chi connectivity index (χ4n) is 3.10. The predicted octanol–water partition coefficient (Wildman–Crippen LogP) is 4.09. The van der Waals surface area contributed by atoms with Gasteiger partial charge in [-0.05, 0) is 77.6 Å². The molecule has 0 amide bonds. The Hall–Kier alpha value is -4.00. The van der Waals surface area contributed by atoms with Crippen LogP contribution in [0.1, 0.15) is 22.3 Å². The topological polar surface area (TPSA) is 156 Å². The molecule has 34 heavy (non-hydrogen) atoms. The lowest BCUT2D eigenvalue weighted by atomic mass is 10.0. The lowest BCUT2D eigenvalue weighted by molar-refractivity contribution is 0.961. The fourth-order valence-corrected chi connectivity index (χ4v) is 3.10. The highest BCUT2D eigenvalue weighted by Gasteiger charge is 1.96. The van der Waals surface area contributed by atoms with Gasteiger partial charge in [-0.2, -0.15) is 0 Å². The molecule has 6 heteroatoms. The molecule has 0 aromatic heterocycles. The summed E-state index contributed by atoms with van der Waals surface area (Å²) in [6.07, 6.45) is 2.06. The molecule has 4 aromatic carbocycles. The Morgan fingerprint density at radius 3 is 1.09 bits per heavy atom. The van der Waals surface area contributed by atoms with E-state index in [1.807, 2.05) is 54.6 Å². The summed E-state index contributed by atoms with van der Waals surface area (Å²) in [5, 5.41) is 0. The summed E-state index contributed by atoms with van der Waals surface area (Å²) < 4.78 is 0. The number of nitrogen functional groups attached to an aromatic ring is 4. The Morgan fingerprint density at radius 2 is 0.765 bits per heavy atom. The first-order chi connectivity index (χ1) is 16.4. The summed E-state index contributed by atoms with van der Waals surface area (Å²) in [6.45, 7) is 1.18. The van der Waals surface area contributed by atoms with Crippen LogP contribution < -0.4 is 34.4 Å². The van der Waals surface area contributed by atoms with Gasteiger partial charge in [0.1, 0.15) is 0 Å². The molecule has 4 aromatic rings. The molecule has 0 aliphatic carbocycles. The van der Waals surface area contributed by atoms with Crippen molar-refractivity contribution in [1.29, 1.82) is 0 Å². The summed E-state index contributed by atoms with van der Waals surface area (Å²) in [5.74, 6) is 0. The van der Waals surface area contributed by atoms with Crippen LogP contribution in [0.3, 0.4) is 0 Å². The number of rotatable bonds is 5. The maximum absolute atomic E-state index is 5.64. The molecule has 0 spiro atoms. The summed E-state index contributed by atoms with van der Waals surface area (Å²) in [4.78, 5) is 0. The summed E-state index contributed by atoms with van der Waals surface area (Å²) in [5.41, 5.74) is 40.9. The molecule has 0 bridgehead atoms. The zero-order valence-electron chi connectivity index (χ0n) is 19.5. The van der Waals surface area contributed by atoms with Gasteiger partial charge in [0, 0.05) is 35.8 Å². The third-order valence-corrected chi connectivity index (χ3v) is 5.04. The van der Waals surface area contributed by atoms with Crippen LogP contribution in [-0.4, -0.2) is 0 Å². The second-order valence-corrected chi connectivity index (χ2v) is 7.88. The molecule has 6 nitrogen and oxygen atoms in total. The number of nitrogens with two attached hydrogens (primary N) is 6. The molecule has 0 atom stereocenters. The molecule has 0 saturated heterocycles. The summed E-state index contributed by atoms with van der Waals surface area (Å²) in [6, 6.07) is 31.2. The van der Waals surface area contributed by atoms with Crippen molar-refractivity contribution in [2.75, 3.05) is 22.9 Å². The van der Waals surface area contributed by atoms with E-state index >= 15 is 0 Å². The second kappa shape index (κ2) is 14.2. The molecule has 0 radical (unpaired) electrons. The molecule has 4 rings (SSSR count). The average molecular weight is 457 g/mol. The van der Waals surface area contributed by atoms with E-state index in [1.165, 1.54) is 11.1 Å². The minimum atomic E-state index is 0.591. The maximum atomic E-state index is 5.64. The third kappa shape index (κ3) is 10.1. The van der Waals surface area contributed by atoms with Crippen LogP contribution in [0, 0.1) is 0 Å². The van der Waals surface area contributed by atoms with E-state index in [1.54, 1.807) is 18.2 Å². The van der Waals surface area contributed by atoms with Gasteiger partial charge in [0.15, 0.2) is 0 Å². The van der Waals surface area contributed by atoms with Crippen LogP contribution in [0.5, 0.6) is 0 Å². The molecule has 0 aliphatic rings. The lowest BCUT2D eigenvalue weighted by Gasteiger charge is -2.03. The minimum absolute atomic E-state index is 0.591. The highest BCUT2D eigenvalue weighted by atomic mass is 14.6. The van der Waals surface area contributed by atoms with Gasteiger partial charge in [-0.25, -0.2) is 0 Å². The SMILES string of the molecule is NCc1cccc(CN)c1.Nc1ccc(CCc2ccc(N)cc2)cc1.Nc1cccc(N)c1. The first kappa shape index (κ1) is 26.3. The maximum Gasteiger partial charge on any atom is 0.0334 e. The number of benzene rings is 4. The third-order valence-electron chi connectivity index (χ3n) is 5.04. The fraction of sp³-hybridized carbons (Fsp3) is 0.143. The second-order valence-electron chi connectivity index (χ2n) is 7.88. The number of anilines is 4. The molecule has 0 saturated carbocycles. The van der Waals surface area contributed by atoms with Gasteiger partial charge in [0.2, 0.25) is 0 Å². The van der Waals surface area contributed by atoms with Crippen molar-refractivity contribution in [2.45, 2.75) is 25.9 Å². The first-order valence-electron chi connectivity index (χ1n) is 11.2. The molecule has 0 heterocycles. The first-order valence-corrected chi connectivity index (χ1v) is 11.2. The molecule has 0 unspecified atom stereocenters. The quantitative estimate of drug-likeness (QED) is 0.248. The van der Waals surface area contributed by atoms with Crippen molar-refractivity contribution in [3.8, 4) is 0 Å². The molecule has 12 N–H and O–H groups in total. The predicted molar refractivity (Wildman–Crippen MR) is 147 cm³/mol. The van der Waals surface area contributed by atoms with Crippen LogP contribution in [0.4, 0.5) is 22.7 Å². The normalized spacial score (nSPS) is 9.82. The number of hydrogen-bond acceptors (Lipinski definition) is 6. The standard InChI is InChI=1S/C14H16N2.C8H12N2.C6H8N2/c15-13-7-3-11(4-8-13)1-2-12-5-9-14(16)10-6-12;9-5-7-2-1-3-8(4-7)6-10;7-5-2-1-3-6(8)4-5/h3-10H,1-2,15-16H2;1-4H,5-6,9-10H2;1-4H,7-8H2. The van der Waals surface area contributed by atoms with E-state index < -0.39 is 0 Å². The van der Waals surface area contributed by atoms with Gasteiger partial charge in [0.05, 0.1) is 0 Å². The van der Waals surface area contributed by atoms with Gasteiger partial charge in [-0.3, -0.25) is 0 Å². The Kier molecular flexibility index (Phi) is 11.0. The van der Waals surface area contributed by atoms with Crippen LogP contribution in [0.2, 0.25) is 0 Å². The van der Waals surface area contributed by atoms with Gasteiger partial charge in [0.25, 0.3) is 0 Å². The van der Waals surface area contributed by atoms with E-state index in [4.69, 9.17) is 34.4 Å². The van der Waals surface area contributed by atoms with Gasteiger partial charge in [-0.15, -0.1) is 0 Å². The lowest BCUT2D eigenvalue weighted by Crippen LogP contribution is -2.00. The zero-order chi connectivity index (χ0) is 24.8. The Morgan fingerprint density at radius 1 is 0.382 bits per heavy atom. The molecule has 0 aliphatic heterocycles. The van der Waals surface area contributed by atoms with Crippen LogP contribution in [-0.2, 0) is 25.9 Å². The smallest absolute Gasteiger partial charge is 0.0334 e. The van der Waals surface area contributed by atoms with Crippen molar-refractivity contribution in [2.24, 2.45) is 11.5 Å². The van der Waals surface area contributed by atoms with Crippen molar-refractivity contribution < 1.29 is 0 Å². The average Bonchev–Trinajstić information content (AvgIpc) is 2.85. The zero-order valence-corrected chi connectivity index (χ0v) is 19.5. The Labute approximate surface area is 202 Å². The minimum Gasteiger partial charge on any atom is -0.399 e. The highest BCUT2D eigenvalue weighted by Crippen LogP contribution is 2.11. The van der Waals surface area contributed by atoms with Crippen molar-refractivity contribution in [3.05, 3.63) is 119 Å². The van der Waals surface area contributed by atoms with Crippen LogP contribution >= 0.6 is 0 Å². The molecular formula is C28H36N6. The molecule has 178 valence electrons. The monoisotopic (exact) mass is 456 g/mol. The number of aryl methyl sites for hydroxylation is 2. The molecule has 0 fully saturated rings. The highest BCUT2D eigenvalue weighted by molar-refractivity contribution is 5.50. The Bertz CT molecular complexity index is 1030. The van der Waals surface area contributed by atoms with Gasteiger partial charge < -0.3 is 34.4 Å².